The summed E-state index contributed by atoms with van der Waals surface area (Å²) < 4.78 is 6.94. The van der Waals surface area contributed by atoms with Crippen molar-refractivity contribution in [1.82, 2.24) is 29.8 Å². The topological polar surface area (TPSA) is 125 Å². The molecule has 1 N–H and O–H groups in total. The van der Waals surface area contributed by atoms with Crippen LogP contribution in [0.1, 0.15) is 36.5 Å². The zero-order valence-electron chi connectivity index (χ0n) is 16.0. The molecule has 0 saturated carbocycles. The van der Waals surface area contributed by atoms with E-state index in [2.05, 4.69) is 20.6 Å². The molecule has 0 radical (unpaired) electrons. The van der Waals surface area contributed by atoms with Gasteiger partial charge in [-0.05, 0) is 32.4 Å². The second kappa shape index (κ2) is 7.59. The van der Waals surface area contributed by atoms with E-state index in [0.29, 0.717) is 5.69 Å². The van der Waals surface area contributed by atoms with Gasteiger partial charge in [-0.1, -0.05) is 29.8 Å². The Labute approximate surface area is 159 Å². The van der Waals surface area contributed by atoms with Crippen molar-refractivity contribution in [3.05, 3.63) is 56.6 Å². The normalized spacial score (nSPS) is 12.0. The maximum Gasteiger partial charge on any atom is 0.351 e. The third-order valence-corrected chi connectivity index (χ3v) is 4.28. The minimum atomic E-state index is -0.692. The van der Waals surface area contributed by atoms with Gasteiger partial charge < -0.3 is 9.84 Å². The minimum absolute atomic E-state index is 0.0720. The van der Waals surface area contributed by atoms with E-state index in [1.807, 2.05) is 32.9 Å². The van der Waals surface area contributed by atoms with Gasteiger partial charge in [-0.25, -0.2) is 4.79 Å². The monoisotopic (exact) mass is 384 g/mol. The quantitative estimate of drug-likeness (QED) is 0.690. The molecular weight excluding hydrogens is 364 g/mol. The number of hydrogen-bond acceptors (Lipinski definition) is 7. The van der Waals surface area contributed by atoms with Crippen LogP contribution in [0.15, 0.2) is 38.4 Å². The molecule has 0 bridgehead atoms. The fourth-order valence-electron chi connectivity index (χ4n) is 2.37. The van der Waals surface area contributed by atoms with Crippen LogP contribution >= 0.6 is 0 Å². The van der Waals surface area contributed by atoms with Gasteiger partial charge in [-0.2, -0.15) is 14.8 Å². The van der Waals surface area contributed by atoms with Crippen molar-refractivity contribution >= 4 is 5.91 Å². The van der Waals surface area contributed by atoms with Crippen LogP contribution in [0.3, 0.4) is 0 Å². The number of aromatic nitrogens is 5. The maximum atomic E-state index is 12.5. The van der Waals surface area contributed by atoms with Gasteiger partial charge in [0.25, 0.3) is 5.56 Å². The molecule has 0 spiro atoms. The van der Waals surface area contributed by atoms with Gasteiger partial charge in [0, 0.05) is 13.1 Å². The Bertz CT molecular complexity index is 1130. The smallest absolute Gasteiger partial charge is 0.345 e. The van der Waals surface area contributed by atoms with Crippen LogP contribution in [-0.2, 0) is 7.05 Å². The fraction of sp³-hybridized carbons (Fsp3) is 0.333. The van der Waals surface area contributed by atoms with Crippen molar-refractivity contribution in [2.75, 3.05) is 0 Å². The first kappa shape index (κ1) is 19.2. The number of hydrogen-bond donors (Lipinski definition) is 1. The second-order valence-corrected chi connectivity index (χ2v) is 6.45. The number of benzene rings is 1. The molecule has 0 unspecified atom stereocenters. The predicted molar refractivity (Wildman–Crippen MR) is 100 cm³/mol. The Balaban J connectivity index is 2.06. The van der Waals surface area contributed by atoms with Crippen LogP contribution in [0.25, 0.3) is 17.2 Å². The summed E-state index contributed by atoms with van der Waals surface area (Å²) in [4.78, 5) is 41.0. The van der Waals surface area contributed by atoms with Crippen LogP contribution in [-0.4, -0.2) is 36.4 Å². The molecule has 1 aromatic carbocycles. The van der Waals surface area contributed by atoms with E-state index in [9.17, 15) is 14.4 Å². The molecule has 0 fully saturated rings. The number of carbonyl (C=O) groups excluding carboxylic acids is 1. The molecule has 3 aromatic rings. The van der Waals surface area contributed by atoms with Crippen molar-refractivity contribution in [1.29, 1.82) is 0 Å². The zero-order chi connectivity index (χ0) is 20.4. The highest BCUT2D eigenvalue weighted by Crippen LogP contribution is 2.10. The first-order valence-electron chi connectivity index (χ1n) is 8.74. The Morgan fingerprint density at radius 3 is 2.57 bits per heavy atom. The molecule has 0 aliphatic rings. The van der Waals surface area contributed by atoms with Crippen molar-refractivity contribution in [3.8, 4) is 17.2 Å². The number of nitrogens with zero attached hydrogens (tertiary/aromatic N) is 5. The number of amides is 1. The zero-order valence-corrected chi connectivity index (χ0v) is 16.0. The molecule has 3 rings (SSSR count). The predicted octanol–water partition coefficient (Wildman–Crippen LogP) is 0.818. The van der Waals surface area contributed by atoms with Gasteiger partial charge in [0.2, 0.25) is 5.82 Å². The first-order chi connectivity index (χ1) is 13.3. The number of nitrogens with one attached hydrogen (secondary N) is 1. The largest absolute Gasteiger partial charge is 0.351 e. The molecule has 1 atom stereocenters. The SMILES string of the molecule is CC[C@@H](C)NC(=O)c1nc(-c2nn(-c3ccc(C)cc3)c(=O)n(C)c2=O)no1. The molecule has 0 aliphatic heterocycles. The van der Waals surface area contributed by atoms with E-state index < -0.39 is 17.2 Å². The molecule has 2 aromatic heterocycles. The molecule has 0 saturated heterocycles. The standard InChI is InChI=1S/C18H20N6O4/c1-5-11(3)19-15(25)16-20-14(22-28-16)13-17(26)23(4)18(27)24(21-13)12-8-6-10(2)7-9-12/h6-9,11H,5H2,1-4H3,(H,19,25)/t11-/m1/s1. The molecule has 0 aliphatic carbocycles. The lowest BCUT2D eigenvalue weighted by Gasteiger charge is -2.08. The average molecular weight is 384 g/mol. The molecule has 28 heavy (non-hydrogen) atoms. The van der Waals surface area contributed by atoms with Crippen molar-refractivity contribution in [2.24, 2.45) is 7.05 Å². The summed E-state index contributed by atoms with van der Waals surface area (Å²) in [6.45, 7) is 5.67. The number of carbonyl (C=O) groups is 1. The van der Waals surface area contributed by atoms with Gasteiger partial charge in [0.1, 0.15) is 0 Å². The van der Waals surface area contributed by atoms with Gasteiger partial charge >= 0.3 is 17.5 Å². The Morgan fingerprint density at radius 2 is 1.93 bits per heavy atom. The van der Waals surface area contributed by atoms with Crippen LogP contribution < -0.4 is 16.6 Å². The molecule has 1 amide bonds. The van der Waals surface area contributed by atoms with Crippen molar-refractivity contribution < 1.29 is 9.32 Å². The summed E-state index contributed by atoms with van der Waals surface area (Å²) in [7, 11) is 1.33. The van der Waals surface area contributed by atoms with Gasteiger partial charge in [0.05, 0.1) is 5.69 Å². The summed E-state index contributed by atoms with van der Waals surface area (Å²) in [6.07, 6.45) is 0.732. The Kier molecular flexibility index (Phi) is 5.21. The van der Waals surface area contributed by atoms with Gasteiger partial charge in [-0.3, -0.25) is 14.2 Å². The second-order valence-electron chi connectivity index (χ2n) is 6.45. The van der Waals surface area contributed by atoms with Crippen molar-refractivity contribution in [2.45, 2.75) is 33.2 Å². The van der Waals surface area contributed by atoms with E-state index in [-0.39, 0.29) is 23.5 Å². The molecular formula is C18H20N6O4. The summed E-state index contributed by atoms with van der Waals surface area (Å²) in [5, 5.41) is 10.5. The van der Waals surface area contributed by atoms with E-state index >= 15 is 0 Å². The van der Waals surface area contributed by atoms with Crippen LogP contribution in [0.4, 0.5) is 0 Å². The van der Waals surface area contributed by atoms with Gasteiger partial charge in [0.15, 0.2) is 5.69 Å². The number of aryl methyl sites for hydroxylation is 1. The molecule has 146 valence electrons. The van der Waals surface area contributed by atoms with E-state index in [1.54, 1.807) is 12.1 Å². The van der Waals surface area contributed by atoms with Crippen LogP contribution in [0.5, 0.6) is 0 Å². The van der Waals surface area contributed by atoms with E-state index in [0.717, 1.165) is 21.2 Å². The summed E-state index contributed by atoms with van der Waals surface area (Å²) >= 11 is 0. The van der Waals surface area contributed by atoms with E-state index in [1.165, 1.54) is 7.05 Å². The first-order valence-corrected chi connectivity index (χ1v) is 8.74. The highest BCUT2D eigenvalue weighted by molar-refractivity contribution is 5.90. The average Bonchev–Trinajstić information content (AvgIpc) is 3.17. The van der Waals surface area contributed by atoms with E-state index in [4.69, 9.17) is 4.52 Å². The van der Waals surface area contributed by atoms with Crippen molar-refractivity contribution in [3.63, 3.8) is 0 Å². The lowest BCUT2D eigenvalue weighted by molar-refractivity contribution is 0.0895. The lowest BCUT2D eigenvalue weighted by atomic mass is 10.2. The van der Waals surface area contributed by atoms with Crippen LogP contribution in [0.2, 0.25) is 0 Å². The molecule has 2 heterocycles. The Hall–Kier alpha value is -3.56. The third-order valence-electron chi connectivity index (χ3n) is 4.28. The summed E-state index contributed by atoms with van der Waals surface area (Å²) in [6, 6.07) is 6.98. The maximum absolute atomic E-state index is 12.5. The molecule has 10 nitrogen and oxygen atoms in total. The molecule has 10 heteroatoms. The minimum Gasteiger partial charge on any atom is -0.345 e. The summed E-state index contributed by atoms with van der Waals surface area (Å²) in [5.41, 5.74) is -0.0180. The Morgan fingerprint density at radius 1 is 1.25 bits per heavy atom. The highest BCUT2D eigenvalue weighted by Gasteiger charge is 2.22. The number of rotatable bonds is 5. The van der Waals surface area contributed by atoms with Crippen LogP contribution in [0, 0.1) is 6.92 Å². The lowest BCUT2D eigenvalue weighted by Crippen LogP contribution is -2.40. The van der Waals surface area contributed by atoms with Gasteiger partial charge in [-0.15, -0.1) is 0 Å². The fourth-order valence-corrected chi connectivity index (χ4v) is 2.37. The third kappa shape index (κ3) is 3.61. The highest BCUT2D eigenvalue weighted by atomic mass is 16.5. The summed E-state index contributed by atoms with van der Waals surface area (Å²) in [5.74, 6) is -1.00.